The van der Waals surface area contributed by atoms with Crippen LogP contribution in [0.4, 0.5) is 15.8 Å². The van der Waals surface area contributed by atoms with E-state index in [-0.39, 0.29) is 10.7 Å². The summed E-state index contributed by atoms with van der Waals surface area (Å²) in [7, 11) is 0. The molecule has 3 N–H and O–H groups in total. The van der Waals surface area contributed by atoms with Gasteiger partial charge < -0.3 is 11.1 Å². The lowest BCUT2D eigenvalue weighted by Gasteiger charge is -2.08. The Kier molecular flexibility index (Phi) is 3.71. The maximum Gasteiger partial charge on any atom is 0.255 e. The van der Waals surface area contributed by atoms with E-state index < -0.39 is 11.7 Å². The first-order valence-corrected chi connectivity index (χ1v) is 5.97. The van der Waals surface area contributed by atoms with Gasteiger partial charge in [-0.2, -0.15) is 0 Å². The highest BCUT2D eigenvalue weighted by molar-refractivity contribution is 6.33. The van der Waals surface area contributed by atoms with Crippen molar-refractivity contribution >= 4 is 28.9 Å². The number of aryl methyl sites for hydroxylation is 1. The number of amides is 1. The molecule has 3 nitrogen and oxygen atoms in total. The van der Waals surface area contributed by atoms with Crippen LogP contribution in [0.1, 0.15) is 15.9 Å². The van der Waals surface area contributed by atoms with E-state index in [4.69, 9.17) is 17.3 Å². The number of nitrogen functional groups attached to an aromatic ring is 1. The fraction of sp³-hybridized carbons (Fsp3) is 0.0714. The minimum atomic E-state index is -0.477. The van der Waals surface area contributed by atoms with Crippen molar-refractivity contribution in [3.8, 4) is 0 Å². The van der Waals surface area contributed by atoms with Gasteiger partial charge in [0, 0.05) is 5.56 Å². The quantitative estimate of drug-likeness (QED) is 0.824. The van der Waals surface area contributed by atoms with Crippen molar-refractivity contribution in [2.24, 2.45) is 0 Å². The molecule has 0 saturated heterocycles. The molecule has 0 unspecified atom stereocenters. The van der Waals surface area contributed by atoms with E-state index in [9.17, 15) is 9.18 Å². The van der Waals surface area contributed by atoms with Crippen LogP contribution in [0.2, 0.25) is 5.02 Å². The van der Waals surface area contributed by atoms with Gasteiger partial charge in [0.15, 0.2) is 0 Å². The first-order valence-electron chi connectivity index (χ1n) is 5.60. The average Bonchev–Trinajstić information content (AvgIpc) is 2.36. The molecule has 0 aliphatic heterocycles. The molecular weight excluding hydrogens is 267 g/mol. The van der Waals surface area contributed by atoms with Crippen LogP contribution in [0.5, 0.6) is 0 Å². The van der Waals surface area contributed by atoms with Crippen LogP contribution in [0.25, 0.3) is 0 Å². The molecule has 0 spiro atoms. The van der Waals surface area contributed by atoms with Gasteiger partial charge in [0.1, 0.15) is 5.82 Å². The van der Waals surface area contributed by atoms with Gasteiger partial charge in [-0.15, -0.1) is 0 Å². The third-order valence-electron chi connectivity index (χ3n) is 2.64. The zero-order valence-corrected chi connectivity index (χ0v) is 11.0. The number of hydrogen-bond acceptors (Lipinski definition) is 2. The number of halogens is 2. The maximum absolute atomic E-state index is 13.6. The van der Waals surface area contributed by atoms with E-state index in [1.54, 1.807) is 13.0 Å². The van der Waals surface area contributed by atoms with Crippen molar-refractivity contribution < 1.29 is 9.18 Å². The predicted octanol–water partition coefficient (Wildman–Crippen LogP) is 3.62. The molecule has 98 valence electrons. The van der Waals surface area contributed by atoms with E-state index in [0.717, 1.165) is 5.56 Å². The van der Waals surface area contributed by atoms with Crippen molar-refractivity contribution in [1.82, 2.24) is 0 Å². The third kappa shape index (κ3) is 3.03. The molecule has 0 bridgehead atoms. The normalized spacial score (nSPS) is 10.3. The van der Waals surface area contributed by atoms with Gasteiger partial charge in [-0.1, -0.05) is 17.7 Å². The molecule has 0 aliphatic carbocycles. The summed E-state index contributed by atoms with van der Waals surface area (Å²) in [6.07, 6.45) is 0. The van der Waals surface area contributed by atoms with Crippen LogP contribution in [0, 0.1) is 12.7 Å². The molecule has 0 aliphatic rings. The van der Waals surface area contributed by atoms with Gasteiger partial charge in [-0.05, 0) is 42.8 Å². The number of anilines is 2. The SMILES string of the molecule is Cc1ccc(NC(=O)c2ccc(N)c(Cl)c2)c(F)c1. The second-order valence-corrected chi connectivity index (χ2v) is 4.58. The Bertz CT molecular complexity index is 643. The molecule has 1 amide bonds. The van der Waals surface area contributed by atoms with Crippen molar-refractivity contribution in [1.29, 1.82) is 0 Å². The lowest BCUT2D eigenvalue weighted by Crippen LogP contribution is -2.13. The molecule has 19 heavy (non-hydrogen) atoms. The van der Waals surface area contributed by atoms with Crippen LogP contribution in [0.15, 0.2) is 36.4 Å². The average molecular weight is 279 g/mol. The van der Waals surface area contributed by atoms with Crippen molar-refractivity contribution in [2.45, 2.75) is 6.92 Å². The van der Waals surface area contributed by atoms with Crippen LogP contribution >= 0.6 is 11.6 Å². The first kappa shape index (κ1) is 13.4. The van der Waals surface area contributed by atoms with Gasteiger partial charge in [-0.3, -0.25) is 4.79 Å². The number of hydrogen-bond donors (Lipinski definition) is 2. The van der Waals surface area contributed by atoms with Crippen LogP contribution < -0.4 is 11.1 Å². The summed E-state index contributed by atoms with van der Waals surface area (Å²) in [5, 5.41) is 2.78. The second kappa shape index (κ2) is 5.28. The highest BCUT2D eigenvalue weighted by Crippen LogP contribution is 2.21. The Morgan fingerprint density at radius 2 is 2.00 bits per heavy atom. The van der Waals surface area contributed by atoms with Gasteiger partial charge >= 0.3 is 0 Å². The number of nitrogens with one attached hydrogen (secondary N) is 1. The van der Waals surface area contributed by atoms with E-state index >= 15 is 0 Å². The second-order valence-electron chi connectivity index (χ2n) is 4.17. The highest BCUT2D eigenvalue weighted by Gasteiger charge is 2.10. The lowest BCUT2D eigenvalue weighted by molar-refractivity contribution is 0.102. The van der Waals surface area contributed by atoms with Gasteiger partial charge in [-0.25, -0.2) is 4.39 Å². The fourth-order valence-corrected chi connectivity index (χ4v) is 1.76. The summed E-state index contributed by atoms with van der Waals surface area (Å²) in [5.41, 5.74) is 7.18. The summed E-state index contributed by atoms with van der Waals surface area (Å²) in [4.78, 5) is 11.9. The zero-order valence-electron chi connectivity index (χ0n) is 10.2. The Morgan fingerprint density at radius 1 is 1.26 bits per heavy atom. The van der Waals surface area contributed by atoms with E-state index in [2.05, 4.69) is 5.32 Å². The summed E-state index contributed by atoms with van der Waals surface area (Å²) in [6, 6.07) is 9.09. The molecule has 2 aromatic rings. The Balaban J connectivity index is 2.23. The smallest absolute Gasteiger partial charge is 0.255 e. The van der Waals surface area contributed by atoms with E-state index in [1.807, 2.05) is 0 Å². The number of carbonyl (C=O) groups excluding carboxylic acids is 1. The summed E-state index contributed by atoms with van der Waals surface area (Å²) in [5.74, 6) is -0.917. The molecular formula is C14H12ClFN2O. The Labute approximate surface area is 115 Å². The first-order chi connectivity index (χ1) is 8.97. The van der Waals surface area contributed by atoms with Gasteiger partial charge in [0.2, 0.25) is 0 Å². The van der Waals surface area contributed by atoms with Gasteiger partial charge in [0.25, 0.3) is 5.91 Å². The van der Waals surface area contributed by atoms with Crippen LogP contribution in [-0.4, -0.2) is 5.91 Å². The fourth-order valence-electron chi connectivity index (χ4n) is 1.58. The molecule has 5 heteroatoms. The van der Waals surface area contributed by atoms with E-state index in [1.165, 1.54) is 30.3 Å². The number of benzene rings is 2. The molecule has 0 atom stereocenters. The van der Waals surface area contributed by atoms with Gasteiger partial charge in [0.05, 0.1) is 16.4 Å². The Hall–Kier alpha value is -2.07. The monoisotopic (exact) mass is 278 g/mol. The Morgan fingerprint density at radius 3 is 2.63 bits per heavy atom. The van der Waals surface area contributed by atoms with Crippen molar-refractivity contribution in [3.05, 3.63) is 58.4 Å². The standard InChI is InChI=1S/C14H12ClFN2O/c1-8-2-5-13(11(16)6-8)18-14(19)9-3-4-12(17)10(15)7-9/h2-7H,17H2,1H3,(H,18,19). The molecule has 0 saturated carbocycles. The largest absolute Gasteiger partial charge is 0.398 e. The molecule has 0 fully saturated rings. The molecule has 0 aromatic heterocycles. The zero-order chi connectivity index (χ0) is 14.0. The highest BCUT2D eigenvalue weighted by atomic mass is 35.5. The number of rotatable bonds is 2. The number of nitrogens with two attached hydrogens (primary N) is 1. The van der Waals surface area contributed by atoms with Crippen LogP contribution in [0.3, 0.4) is 0 Å². The van der Waals surface area contributed by atoms with Crippen molar-refractivity contribution in [3.63, 3.8) is 0 Å². The maximum atomic E-state index is 13.6. The van der Waals surface area contributed by atoms with E-state index in [0.29, 0.717) is 11.3 Å². The summed E-state index contributed by atoms with van der Waals surface area (Å²) < 4.78 is 13.6. The molecule has 0 radical (unpaired) electrons. The number of carbonyl (C=O) groups is 1. The topological polar surface area (TPSA) is 55.1 Å². The lowest BCUT2D eigenvalue weighted by atomic mass is 10.1. The predicted molar refractivity (Wildman–Crippen MR) is 75.0 cm³/mol. The minimum absolute atomic E-state index is 0.128. The third-order valence-corrected chi connectivity index (χ3v) is 2.96. The summed E-state index contributed by atoms with van der Waals surface area (Å²) >= 11 is 5.83. The summed E-state index contributed by atoms with van der Waals surface area (Å²) in [6.45, 7) is 1.77. The minimum Gasteiger partial charge on any atom is -0.398 e. The molecule has 2 aromatic carbocycles. The van der Waals surface area contributed by atoms with Crippen LogP contribution in [-0.2, 0) is 0 Å². The van der Waals surface area contributed by atoms with Crippen molar-refractivity contribution in [2.75, 3.05) is 11.1 Å². The molecule has 0 heterocycles. The molecule has 2 rings (SSSR count).